The van der Waals surface area contributed by atoms with Crippen LogP contribution in [0.25, 0.3) is 0 Å². The SMILES string of the molecule is CCOC(=O)OCCCC(C)(C)COS(=O)(=O)CCCNC(C)=O. The summed E-state index contributed by atoms with van der Waals surface area (Å²) in [5.74, 6) is -0.338. The Morgan fingerprint density at radius 1 is 1.12 bits per heavy atom. The Kier molecular flexibility index (Phi) is 10.6. The first kappa shape index (κ1) is 22.6. The van der Waals surface area contributed by atoms with Crippen molar-refractivity contribution in [1.29, 1.82) is 0 Å². The van der Waals surface area contributed by atoms with Crippen LogP contribution < -0.4 is 5.32 Å². The number of hydrogen-bond acceptors (Lipinski definition) is 7. The molecule has 0 aliphatic heterocycles. The van der Waals surface area contributed by atoms with Crippen molar-refractivity contribution in [3.8, 4) is 0 Å². The minimum Gasteiger partial charge on any atom is -0.435 e. The van der Waals surface area contributed by atoms with Crippen molar-refractivity contribution in [3.05, 3.63) is 0 Å². The predicted octanol–water partition coefficient (Wildman–Crippen LogP) is 1.84. The van der Waals surface area contributed by atoms with Crippen LogP contribution in [0, 0.1) is 5.41 Å². The second-order valence-electron chi connectivity index (χ2n) is 6.16. The summed E-state index contributed by atoms with van der Waals surface area (Å²) < 4.78 is 38.1. The third-order valence-electron chi connectivity index (χ3n) is 3.05. The van der Waals surface area contributed by atoms with Crippen LogP contribution in [0.2, 0.25) is 0 Å². The van der Waals surface area contributed by atoms with Crippen molar-refractivity contribution in [2.45, 2.75) is 47.0 Å². The molecule has 1 amide bonds. The molecule has 0 rings (SSSR count). The van der Waals surface area contributed by atoms with Crippen molar-refractivity contribution in [1.82, 2.24) is 5.32 Å². The number of amides is 1. The molecule has 0 unspecified atom stereocenters. The van der Waals surface area contributed by atoms with Crippen molar-refractivity contribution in [2.24, 2.45) is 5.41 Å². The van der Waals surface area contributed by atoms with Crippen LogP contribution in [0.15, 0.2) is 0 Å². The molecule has 142 valence electrons. The molecule has 1 N–H and O–H groups in total. The van der Waals surface area contributed by atoms with Gasteiger partial charge >= 0.3 is 6.16 Å². The first-order chi connectivity index (χ1) is 11.1. The fourth-order valence-electron chi connectivity index (χ4n) is 1.76. The monoisotopic (exact) mass is 367 g/mol. The van der Waals surface area contributed by atoms with Gasteiger partial charge in [0, 0.05) is 13.5 Å². The van der Waals surface area contributed by atoms with Gasteiger partial charge in [0.05, 0.1) is 25.6 Å². The third-order valence-corrected chi connectivity index (χ3v) is 4.32. The van der Waals surface area contributed by atoms with E-state index in [1.54, 1.807) is 6.92 Å². The van der Waals surface area contributed by atoms with Crippen LogP contribution >= 0.6 is 0 Å². The van der Waals surface area contributed by atoms with Gasteiger partial charge < -0.3 is 14.8 Å². The van der Waals surface area contributed by atoms with Crippen molar-refractivity contribution >= 4 is 22.2 Å². The molecule has 0 aliphatic rings. The van der Waals surface area contributed by atoms with E-state index in [0.717, 1.165) is 0 Å². The van der Waals surface area contributed by atoms with E-state index in [4.69, 9.17) is 8.92 Å². The van der Waals surface area contributed by atoms with Gasteiger partial charge in [0.2, 0.25) is 5.91 Å². The third kappa shape index (κ3) is 13.1. The predicted molar refractivity (Wildman–Crippen MR) is 89.0 cm³/mol. The lowest BCUT2D eigenvalue weighted by molar-refractivity contribution is -0.118. The molecule has 0 spiro atoms. The first-order valence-electron chi connectivity index (χ1n) is 7.99. The maximum absolute atomic E-state index is 11.8. The second-order valence-corrected chi connectivity index (χ2v) is 7.92. The average Bonchev–Trinajstić information content (AvgIpc) is 2.47. The lowest BCUT2D eigenvalue weighted by Crippen LogP contribution is -2.26. The summed E-state index contributed by atoms with van der Waals surface area (Å²) in [6.07, 6.45) is 0.815. The number of carbonyl (C=O) groups excluding carboxylic acids is 2. The van der Waals surface area contributed by atoms with Gasteiger partial charge in [-0.3, -0.25) is 8.98 Å². The van der Waals surface area contributed by atoms with Crippen LogP contribution in [0.1, 0.15) is 47.0 Å². The largest absolute Gasteiger partial charge is 0.508 e. The molecule has 0 bridgehead atoms. The second kappa shape index (κ2) is 11.2. The topological polar surface area (TPSA) is 108 Å². The zero-order chi connectivity index (χ0) is 18.6. The highest BCUT2D eigenvalue weighted by atomic mass is 32.2. The molecule has 0 aromatic heterocycles. The maximum atomic E-state index is 11.8. The summed E-state index contributed by atoms with van der Waals surface area (Å²) in [6.45, 7) is 7.65. The van der Waals surface area contributed by atoms with Gasteiger partial charge in [-0.15, -0.1) is 0 Å². The van der Waals surface area contributed by atoms with Crippen LogP contribution in [-0.4, -0.2) is 52.6 Å². The molecule has 9 heteroatoms. The molecule has 0 aromatic carbocycles. The Balaban J connectivity index is 3.99. The highest BCUT2D eigenvalue weighted by molar-refractivity contribution is 7.86. The van der Waals surface area contributed by atoms with Gasteiger partial charge in [-0.2, -0.15) is 8.42 Å². The Labute approximate surface area is 144 Å². The summed E-state index contributed by atoms with van der Waals surface area (Å²) in [6, 6.07) is 0. The number of nitrogens with one attached hydrogen (secondary N) is 1. The smallest absolute Gasteiger partial charge is 0.435 e. The summed E-state index contributed by atoms with van der Waals surface area (Å²) in [4.78, 5) is 21.7. The molecule has 0 aliphatic carbocycles. The van der Waals surface area contributed by atoms with E-state index in [9.17, 15) is 18.0 Å². The highest BCUT2D eigenvalue weighted by Crippen LogP contribution is 2.23. The van der Waals surface area contributed by atoms with Crippen LogP contribution in [0.4, 0.5) is 4.79 Å². The van der Waals surface area contributed by atoms with Gasteiger partial charge in [-0.1, -0.05) is 13.8 Å². The van der Waals surface area contributed by atoms with Gasteiger partial charge in [-0.25, -0.2) is 4.79 Å². The molecule has 0 radical (unpaired) electrons. The van der Waals surface area contributed by atoms with Crippen LogP contribution in [0.5, 0.6) is 0 Å². The van der Waals surface area contributed by atoms with E-state index in [0.29, 0.717) is 25.8 Å². The number of hydrogen-bond donors (Lipinski definition) is 1. The minimum atomic E-state index is -3.62. The molecular weight excluding hydrogens is 338 g/mol. The molecule has 0 aromatic rings. The van der Waals surface area contributed by atoms with Gasteiger partial charge in [0.1, 0.15) is 0 Å². The Morgan fingerprint density at radius 2 is 1.79 bits per heavy atom. The van der Waals surface area contributed by atoms with E-state index in [2.05, 4.69) is 10.1 Å². The number of ether oxygens (including phenoxy) is 2. The quantitative estimate of drug-likeness (QED) is 0.318. The average molecular weight is 367 g/mol. The normalized spacial score (nSPS) is 11.8. The van der Waals surface area contributed by atoms with Crippen molar-refractivity contribution < 1.29 is 31.7 Å². The Bertz CT molecular complexity index is 488. The standard InChI is InChI=1S/C15H29NO7S/c1-5-21-14(18)22-10-6-8-15(3,4)12-23-24(19,20)11-7-9-16-13(2)17/h5-12H2,1-4H3,(H,16,17). The van der Waals surface area contributed by atoms with E-state index in [-0.39, 0.29) is 36.9 Å². The zero-order valence-electron chi connectivity index (χ0n) is 14.9. The molecule has 8 nitrogen and oxygen atoms in total. The van der Waals surface area contributed by atoms with E-state index >= 15 is 0 Å². The van der Waals surface area contributed by atoms with Gasteiger partial charge in [0.15, 0.2) is 0 Å². The Hall–Kier alpha value is -1.35. The summed E-state index contributed by atoms with van der Waals surface area (Å²) in [5, 5.41) is 2.53. The van der Waals surface area contributed by atoms with Gasteiger partial charge in [0.25, 0.3) is 10.1 Å². The summed E-state index contributed by atoms with van der Waals surface area (Å²) >= 11 is 0. The molecule has 0 saturated heterocycles. The van der Waals surface area contributed by atoms with Crippen LogP contribution in [-0.2, 0) is 28.6 Å². The summed E-state index contributed by atoms with van der Waals surface area (Å²) in [5.41, 5.74) is -0.372. The fraction of sp³-hybridized carbons (Fsp3) is 0.867. The van der Waals surface area contributed by atoms with Gasteiger partial charge in [-0.05, 0) is 31.6 Å². The van der Waals surface area contributed by atoms with E-state index < -0.39 is 16.3 Å². The number of rotatable bonds is 12. The van der Waals surface area contributed by atoms with Crippen molar-refractivity contribution in [2.75, 3.05) is 32.1 Å². The lowest BCUT2D eigenvalue weighted by atomic mass is 9.89. The molecule has 0 heterocycles. The molecule has 0 atom stereocenters. The summed E-state index contributed by atoms with van der Waals surface area (Å²) in [7, 11) is -3.62. The fourth-order valence-corrected chi connectivity index (χ4v) is 2.87. The molecule has 24 heavy (non-hydrogen) atoms. The minimum absolute atomic E-state index is 0.0505. The van der Waals surface area contributed by atoms with E-state index in [1.807, 2.05) is 13.8 Å². The zero-order valence-corrected chi connectivity index (χ0v) is 15.7. The Morgan fingerprint density at radius 3 is 2.38 bits per heavy atom. The number of carbonyl (C=O) groups is 2. The highest BCUT2D eigenvalue weighted by Gasteiger charge is 2.22. The first-order valence-corrected chi connectivity index (χ1v) is 9.57. The van der Waals surface area contributed by atoms with Crippen molar-refractivity contribution in [3.63, 3.8) is 0 Å². The molecular formula is C15H29NO7S. The molecule has 0 fully saturated rings. The maximum Gasteiger partial charge on any atom is 0.508 e. The molecule has 0 saturated carbocycles. The van der Waals surface area contributed by atoms with Crippen LogP contribution in [0.3, 0.4) is 0 Å². The lowest BCUT2D eigenvalue weighted by Gasteiger charge is -2.23. The van der Waals surface area contributed by atoms with E-state index in [1.165, 1.54) is 6.92 Å².